The van der Waals surface area contributed by atoms with E-state index in [2.05, 4.69) is 21.8 Å². The number of aromatic nitrogens is 3. The van der Waals surface area contributed by atoms with Crippen molar-refractivity contribution in [1.29, 1.82) is 0 Å². The second-order valence-corrected chi connectivity index (χ2v) is 10.4. The number of benzene rings is 1. The van der Waals surface area contributed by atoms with E-state index in [9.17, 15) is 4.79 Å². The third kappa shape index (κ3) is 5.66. The van der Waals surface area contributed by atoms with E-state index in [-0.39, 0.29) is 5.91 Å². The molecule has 1 aromatic carbocycles. The third-order valence-corrected chi connectivity index (χ3v) is 7.81. The molecule has 9 heteroatoms. The number of hydrogen-bond donors (Lipinski definition) is 0. The summed E-state index contributed by atoms with van der Waals surface area (Å²) in [6.45, 7) is 9.48. The Bertz CT molecular complexity index is 982. The number of rotatable bonds is 8. The first kappa shape index (κ1) is 21.0. The van der Waals surface area contributed by atoms with Crippen LogP contribution >= 0.6 is 46.2 Å². The number of amides is 1. The topological polar surface area (TPSA) is 59.0 Å². The second kappa shape index (κ2) is 9.69. The molecule has 0 radical (unpaired) electrons. The molecular weight excluding hydrogens is 429 g/mol. The lowest BCUT2D eigenvalue weighted by molar-refractivity contribution is -0.115. The van der Waals surface area contributed by atoms with Crippen molar-refractivity contribution in [3.05, 3.63) is 53.1 Å². The Kier molecular flexibility index (Phi) is 7.28. The molecule has 146 valence electrons. The Morgan fingerprint density at radius 3 is 2.64 bits per heavy atom. The molecule has 3 aromatic rings. The van der Waals surface area contributed by atoms with Gasteiger partial charge in [0.25, 0.3) is 0 Å². The van der Waals surface area contributed by atoms with Crippen LogP contribution in [0.25, 0.3) is 0 Å². The molecule has 2 aromatic heterocycles. The summed E-state index contributed by atoms with van der Waals surface area (Å²) in [5.74, 6) is 1.49. The maximum Gasteiger partial charge on any atom is 0.230 e. The van der Waals surface area contributed by atoms with Gasteiger partial charge in [0.2, 0.25) is 5.91 Å². The first-order chi connectivity index (χ1) is 13.4. The Hall–Kier alpha value is -1.68. The van der Waals surface area contributed by atoms with E-state index in [0.717, 1.165) is 37.0 Å². The van der Waals surface area contributed by atoms with E-state index >= 15 is 0 Å². The van der Waals surface area contributed by atoms with Crippen LogP contribution in [-0.2, 0) is 10.5 Å². The largest absolute Gasteiger partial charge is 0.274 e. The normalized spacial score (nSPS) is 10.8. The number of thioether (sulfide) groups is 2. The van der Waals surface area contributed by atoms with Gasteiger partial charge in [-0.15, -0.1) is 21.5 Å². The van der Waals surface area contributed by atoms with E-state index < -0.39 is 0 Å². The molecule has 5 nitrogen and oxygen atoms in total. The van der Waals surface area contributed by atoms with Crippen molar-refractivity contribution in [2.24, 2.45) is 0 Å². The van der Waals surface area contributed by atoms with Crippen LogP contribution in [0.2, 0.25) is 0 Å². The van der Waals surface area contributed by atoms with Crippen molar-refractivity contribution in [3.8, 4) is 0 Å². The number of thiazole rings is 1. The minimum Gasteiger partial charge on any atom is -0.274 e. The molecule has 0 aliphatic rings. The van der Waals surface area contributed by atoms with Gasteiger partial charge in [0.1, 0.15) is 0 Å². The van der Waals surface area contributed by atoms with Crippen LogP contribution in [0.3, 0.4) is 0 Å². The van der Waals surface area contributed by atoms with Crippen LogP contribution in [0.5, 0.6) is 0 Å². The Balaban J connectivity index is 1.66. The fourth-order valence-corrected chi connectivity index (χ4v) is 6.04. The average molecular weight is 449 g/mol. The molecule has 0 aliphatic carbocycles. The number of carbonyl (C=O) groups excluding carboxylic acids is 1. The number of hydrogen-bond acceptors (Lipinski definition) is 8. The quantitative estimate of drug-likeness (QED) is 0.313. The minimum atomic E-state index is -0.0533. The van der Waals surface area contributed by atoms with Crippen LogP contribution in [0, 0.1) is 6.92 Å². The zero-order valence-corrected chi connectivity index (χ0v) is 19.1. The lowest BCUT2D eigenvalue weighted by atomic mass is 10.2. The highest BCUT2D eigenvalue weighted by Gasteiger charge is 2.18. The zero-order chi connectivity index (χ0) is 20.1. The maximum absolute atomic E-state index is 12.2. The summed E-state index contributed by atoms with van der Waals surface area (Å²) in [5.41, 5.74) is 3.99. The summed E-state index contributed by atoms with van der Waals surface area (Å²) in [6, 6.07) is 7.87. The highest BCUT2D eigenvalue weighted by molar-refractivity contribution is 8.03. The number of anilines is 2. The smallest absolute Gasteiger partial charge is 0.230 e. The first-order valence-electron chi connectivity index (χ1n) is 8.47. The van der Waals surface area contributed by atoms with Crippen molar-refractivity contribution in [1.82, 2.24) is 15.2 Å². The van der Waals surface area contributed by atoms with Crippen molar-refractivity contribution in [2.75, 3.05) is 10.7 Å². The number of nitrogens with zero attached hydrogens (tertiary/aromatic N) is 4. The molecule has 0 aliphatic heterocycles. The fourth-order valence-electron chi connectivity index (χ4n) is 2.29. The first-order valence-corrected chi connectivity index (χ1v) is 12.1. The van der Waals surface area contributed by atoms with Gasteiger partial charge in [-0.3, -0.25) is 9.69 Å². The van der Waals surface area contributed by atoms with Crippen LogP contribution in [-0.4, -0.2) is 26.8 Å². The van der Waals surface area contributed by atoms with Crippen LogP contribution < -0.4 is 4.90 Å². The van der Waals surface area contributed by atoms with Crippen molar-refractivity contribution in [3.63, 3.8) is 0 Å². The van der Waals surface area contributed by atoms with E-state index in [1.54, 1.807) is 46.7 Å². The van der Waals surface area contributed by atoms with Gasteiger partial charge in [-0.1, -0.05) is 59.1 Å². The summed E-state index contributed by atoms with van der Waals surface area (Å²) in [7, 11) is 0. The lowest BCUT2D eigenvalue weighted by Crippen LogP contribution is -2.22. The van der Waals surface area contributed by atoms with Gasteiger partial charge in [0.05, 0.1) is 11.4 Å². The van der Waals surface area contributed by atoms with Crippen LogP contribution in [0.4, 0.5) is 10.8 Å². The highest BCUT2D eigenvalue weighted by atomic mass is 32.2. The minimum absolute atomic E-state index is 0.0533. The Labute approximate surface area is 181 Å². The fraction of sp³-hybridized carbons (Fsp3) is 0.263. The van der Waals surface area contributed by atoms with Gasteiger partial charge in [0.15, 0.2) is 13.8 Å². The van der Waals surface area contributed by atoms with E-state index in [4.69, 9.17) is 0 Å². The molecule has 1 amide bonds. The monoisotopic (exact) mass is 448 g/mol. The molecule has 2 heterocycles. The SMILES string of the molecule is C=C(C)CSc1nnc(SCc2csc(N(C(C)=O)c3cccc(C)c3)n2)s1. The van der Waals surface area contributed by atoms with E-state index in [0.29, 0.717) is 10.9 Å². The molecule has 3 rings (SSSR count). The van der Waals surface area contributed by atoms with Gasteiger partial charge in [-0.25, -0.2) is 4.98 Å². The Morgan fingerprint density at radius 2 is 1.96 bits per heavy atom. The molecule has 0 saturated heterocycles. The number of carbonyl (C=O) groups is 1. The number of aryl methyl sites for hydroxylation is 1. The van der Waals surface area contributed by atoms with Crippen LogP contribution in [0.15, 0.2) is 50.5 Å². The zero-order valence-electron chi connectivity index (χ0n) is 15.8. The summed E-state index contributed by atoms with van der Waals surface area (Å²) in [6.07, 6.45) is 0. The summed E-state index contributed by atoms with van der Waals surface area (Å²) >= 11 is 6.32. The van der Waals surface area contributed by atoms with Gasteiger partial charge >= 0.3 is 0 Å². The van der Waals surface area contributed by atoms with Gasteiger partial charge in [-0.05, 0) is 31.5 Å². The van der Waals surface area contributed by atoms with Gasteiger partial charge < -0.3 is 0 Å². The molecule has 0 bridgehead atoms. The predicted molar refractivity (Wildman–Crippen MR) is 121 cm³/mol. The summed E-state index contributed by atoms with van der Waals surface area (Å²) in [5, 5.41) is 11.1. The second-order valence-electron chi connectivity index (χ2n) is 6.18. The maximum atomic E-state index is 12.2. The van der Waals surface area contributed by atoms with Crippen molar-refractivity contribution in [2.45, 2.75) is 35.2 Å². The molecule has 28 heavy (non-hydrogen) atoms. The molecule has 0 unspecified atom stereocenters. The standard InChI is InChI=1S/C19H20N4OS4/c1-12(2)9-26-18-21-22-19(28-18)27-11-15-10-25-17(20-15)23(14(4)24)16-7-5-6-13(3)8-16/h5-8,10H,1,9,11H2,2-4H3. The van der Waals surface area contributed by atoms with E-state index in [1.807, 2.05) is 43.5 Å². The molecule has 0 spiro atoms. The summed E-state index contributed by atoms with van der Waals surface area (Å²) < 4.78 is 1.87. The van der Waals surface area contributed by atoms with Gasteiger partial charge in [0, 0.05) is 23.8 Å². The van der Waals surface area contributed by atoms with Crippen molar-refractivity contribution >= 4 is 62.9 Å². The van der Waals surface area contributed by atoms with Crippen LogP contribution in [0.1, 0.15) is 25.1 Å². The lowest BCUT2D eigenvalue weighted by Gasteiger charge is -2.18. The molecule has 0 atom stereocenters. The molecule has 0 fully saturated rings. The molecule has 0 N–H and O–H groups in total. The van der Waals surface area contributed by atoms with Gasteiger partial charge in [-0.2, -0.15) is 0 Å². The van der Waals surface area contributed by atoms with E-state index in [1.165, 1.54) is 11.3 Å². The average Bonchev–Trinajstić information content (AvgIpc) is 3.27. The van der Waals surface area contributed by atoms with Crippen molar-refractivity contribution < 1.29 is 4.79 Å². The third-order valence-electron chi connectivity index (χ3n) is 3.48. The predicted octanol–water partition coefficient (Wildman–Crippen LogP) is 5.95. The highest BCUT2D eigenvalue weighted by Crippen LogP contribution is 2.34. The summed E-state index contributed by atoms with van der Waals surface area (Å²) in [4.78, 5) is 18.5. The molecular formula is C19H20N4OS4. The molecule has 0 saturated carbocycles. The Morgan fingerprint density at radius 1 is 1.21 bits per heavy atom.